The Morgan fingerprint density at radius 1 is 0.846 bits per heavy atom. The Morgan fingerprint density at radius 2 is 1.35 bits per heavy atom. The summed E-state index contributed by atoms with van der Waals surface area (Å²) in [7, 11) is 0. The van der Waals surface area contributed by atoms with Crippen molar-refractivity contribution in [2.24, 2.45) is 0 Å². The Kier molecular flexibility index (Phi) is 4.88. The minimum Gasteiger partial charge on any atom is -0.379 e. The maximum Gasteiger partial charge on any atom is 0.416 e. The third-order valence-corrected chi connectivity index (χ3v) is 5.07. The molecular weight excluding hydrogens is 339 g/mol. The number of nitrogens with one attached hydrogen (secondary N) is 1. The van der Waals surface area contributed by atoms with E-state index in [1.165, 1.54) is 0 Å². The van der Waals surface area contributed by atoms with Gasteiger partial charge < -0.3 is 10.4 Å². The maximum absolute atomic E-state index is 13.3. The van der Waals surface area contributed by atoms with E-state index in [1.807, 2.05) is 32.0 Å². The third kappa shape index (κ3) is 3.51. The van der Waals surface area contributed by atoms with Crippen LogP contribution in [-0.4, -0.2) is 17.7 Å². The average molecular weight is 363 g/mol. The van der Waals surface area contributed by atoms with E-state index in [1.54, 1.807) is 13.0 Å². The molecule has 5 heteroatoms. The predicted octanol–water partition coefficient (Wildman–Crippen LogP) is 4.62. The number of hydrogen-bond acceptors (Lipinski definition) is 2. The van der Waals surface area contributed by atoms with Crippen LogP contribution in [0.15, 0.2) is 36.4 Å². The molecule has 2 nitrogen and oxygen atoms in total. The van der Waals surface area contributed by atoms with Gasteiger partial charge in [-0.3, -0.25) is 0 Å². The number of halogens is 3. The fourth-order valence-electron chi connectivity index (χ4n) is 3.97. The van der Waals surface area contributed by atoms with Crippen LogP contribution < -0.4 is 5.32 Å². The van der Waals surface area contributed by atoms with Crippen LogP contribution in [0.1, 0.15) is 46.2 Å². The summed E-state index contributed by atoms with van der Waals surface area (Å²) in [4.78, 5) is 0. The molecule has 1 saturated heterocycles. The molecule has 2 aromatic carbocycles. The summed E-state index contributed by atoms with van der Waals surface area (Å²) in [6, 6.07) is 9.26. The second kappa shape index (κ2) is 6.71. The van der Waals surface area contributed by atoms with E-state index in [2.05, 4.69) is 5.32 Å². The molecule has 0 aliphatic carbocycles. The molecule has 2 aromatic rings. The van der Waals surface area contributed by atoms with Gasteiger partial charge in [0.15, 0.2) is 0 Å². The average Bonchev–Trinajstić information content (AvgIpc) is 3.06. The molecule has 0 amide bonds. The van der Waals surface area contributed by atoms with Crippen LogP contribution in [0.3, 0.4) is 0 Å². The van der Waals surface area contributed by atoms with Crippen molar-refractivity contribution in [3.05, 3.63) is 69.8 Å². The molecule has 1 heterocycles. The lowest BCUT2D eigenvalue weighted by atomic mass is 9.77. The maximum atomic E-state index is 13.3. The summed E-state index contributed by atoms with van der Waals surface area (Å²) in [6.45, 7) is 6.23. The molecule has 1 unspecified atom stereocenters. The van der Waals surface area contributed by atoms with Crippen molar-refractivity contribution in [2.75, 3.05) is 6.54 Å². The Bertz CT molecular complexity index is 789. The molecule has 1 aliphatic heterocycles. The quantitative estimate of drug-likeness (QED) is 0.834. The van der Waals surface area contributed by atoms with Gasteiger partial charge >= 0.3 is 6.18 Å². The zero-order valence-electron chi connectivity index (χ0n) is 15.2. The van der Waals surface area contributed by atoms with Crippen molar-refractivity contribution in [3.63, 3.8) is 0 Å². The lowest BCUT2D eigenvalue weighted by Gasteiger charge is -2.36. The smallest absolute Gasteiger partial charge is 0.379 e. The van der Waals surface area contributed by atoms with Gasteiger partial charge in [0.2, 0.25) is 0 Å². The zero-order valence-corrected chi connectivity index (χ0v) is 15.2. The van der Waals surface area contributed by atoms with Gasteiger partial charge in [-0.2, -0.15) is 13.2 Å². The highest BCUT2D eigenvalue weighted by atomic mass is 19.4. The van der Waals surface area contributed by atoms with Gasteiger partial charge in [0.1, 0.15) is 5.60 Å². The second-order valence-corrected chi connectivity index (χ2v) is 7.38. The van der Waals surface area contributed by atoms with Crippen molar-refractivity contribution in [1.82, 2.24) is 5.32 Å². The molecule has 2 N–H and O–H groups in total. The number of aliphatic hydroxyl groups is 1. The van der Waals surface area contributed by atoms with Gasteiger partial charge in [-0.1, -0.05) is 41.0 Å². The summed E-state index contributed by atoms with van der Waals surface area (Å²) in [5.41, 5.74) is 1.10. The van der Waals surface area contributed by atoms with Crippen molar-refractivity contribution in [2.45, 2.75) is 51.4 Å². The molecule has 140 valence electrons. The van der Waals surface area contributed by atoms with Crippen LogP contribution >= 0.6 is 0 Å². The zero-order chi connectivity index (χ0) is 19.1. The third-order valence-electron chi connectivity index (χ3n) is 5.07. The Morgan fingerprint density at radius 3 is 1.85 bits per heavy atom. The van der Waals surface area contributed by atoms with Crippen molar-refractivity contribution in [1.29, 1.82) is 0 Å². The van der Waals surface area contributed by atoms with Crippen molar-refractivity contribution < 1.29 is 18.3 Å². The Labute approximate surface area is 152 Å². The first-order chi connectivity index (χ1) is 12.1. The molecular formula is C21H24F3NO. The van der Waals surface area contributed by atoms with Gasteiger partial charge in [-0.15, -0.1) is 0 Å². The van der Waals surface area contributed by atoms with Gasteiger partial charge in [0, 0.05) is 6.04 Å². The minimum absolute atomic E-state index is 0.286. The molecule has 2 atom stereocenters. The van der Waals surface area contributed by atoms with Crippen LogP contribution in [0.4, 0.5) is 13.2 Å². The largest absolute Gasteiger partial charge is 0.416 e. The summed E-state index contributed by atoms with van der Waals surface area (Å²) >= 11 is 0. The highest BCUT2D eigenvalue weighted by molar-refractivity contribution is 5.45. The summed E-state index contributed by atoms with van der Waals surface area (Å²) < 4.78 is 40.0. The molecule has 0 radical (unpaired) electrons. The van der Waals surface area contributed by atoms with E-state index in [0.29, 0.717) is 17.5 Å². The SMILES string of the molecule is Cc1cc(C)cc(C(O)(c2cc(C)cc(C(F)(F)F)c2)[C@H]2CCCN2)c1. The highest BCUT2D eigenvalue weighted by Crippen LogP contribution is 2.40. The second-order valence-electron chi connectivity index (χ2n) is 7.38. The molecule has 26 heavy (non-hydrogen) atoms. The Balaban J connectivity index is 2.23. The van der Waals surface area contributed by atoms with E-state index in [4.69, 9.17) is 0 Å². The molecule has 0 saturated carbocycles. The number of benzene rings is 2. The molecule has 0 spiro atoms. The lowest BCUT2D eigenvalue weighted by molar-refractivity contribution is -0.137. The molecule has 0 bridgehead atoms. The molecule has 1 aliphatic rings. The van der Waals surface area contributed by atoms with Crippen LogP contribution in [0.2, 0.25) is 0 Å². The lowest BCUT2D eigenvalue weighted by Crippen LogP contribution is -2.46. The van der Waals surface area contributed by atoms with Gasteiger partial charge in [0.05, 0.1) is 5.56 Å². The van der Waals surface area contributed by atoms with E-state index in [-0.39, 0.29) is 11.6 Å². The van der Waals surface area contributed by atoms with Gasteiger partial charge in [-0.25, -0.2) is 0 Å². The molecule has 1 fully saturated rings. The van der Waals surface area contributed by atoms with E-state index in [0.717, 1.165) is 36.2 Å². The van der Waals surface area contributed by atoms with Crippen molar-refractivity contribution >= 4 is 0 Å². The summed E-state index contributed by atoms with van der Waals surface area (Å²) in [5.74, 6) is 0. The standard InChI is InChI=1S/C21H24F3NO/c1-13-7-14(2)9-16(8-13)20(26,19-5-4-6-25-19)17-10-15(3)11-18(12-17)21(22,23)24/h7-12,19,25-26H,4-6H2,1-3H3/t19-,20?/m1/s1. The van der Waals surface area contributed by atoms with Crippen LogP contribution in [-0.2, 0) is 11.8 Å². The van der Waals surface area contributed by atoms with Gasteiger partial charge in [0.25, 0.3) is 0 Å². The Hall–Kier alpha value is -1.85. The van der Waals surface area contributed by atoms with Crippen LogP contribution in [0, 0.1) is 20.8 Å². The first-order valence-electron chi connectivity index (χ1n) is 8.84. The summed E-state index contributed by atoms with van der Waals surface area (Å²) in [6.07, 6.45) is -2.86. The topological polar surface area (TPSA) is 32.3 Å². The number of alkyl halides is 3. The minimum atomic E-state index is -4.45. The monoisotopic (exact) mass is 363 g/mol. The first-order valence-corrected chi connectivity index (χ1v) is 8.84. The number of rotatable bonds is 3. The van der Waals surface area contributed by atoms with Gasteiger partial charge in [-0.05, 0) is 63.4 Å². The summed E-state index contributed by atoms with van der Waals surface area (Å²) in [5, 5.41) is 15.1. The fourth-order valence-corrected chi connectivity index (χ4v) is 3.97. The molecule has 0 aromatic heterocycles. The first kappa shape index (κ1) is 18.9. The molecule has 3 rings (SSSR count). The van der Waals surface area contributed by atoms with E-state index >= 15 is 0 Å². The fraction of sp³-hybridized carbons (Fsp3) is 0.429. The van der Waals surface area contributed by atoms with Crippen LogP contribution in [0.25, 0.3) is 0 Å². The number of aryl methyl sites for hydroxylation is 3. The van der Waals surface area contributed by atoms with Crippen molar-refractivity contribution in [3.8, 4) is 0 Å². The highest BCUT2D eigenvalue weighted by Gasteiger charge is 2.43. The van der Waals surface area contributed by atoms with Crippen LogP contribution in [0.5, 0.6) is 0 Å². The normalized spacial score (nSPS) is 20.2. The number of hydrogen-bond donors (Lipinski definition) is 2. The van der Waals surface area contributed by atoms with E-state index in [9.17, 15) is 18.3 Å². The van der Waals surface area contributed by atoms with E-state index < -0.39 is 17.3 Å². The predicted molar refractivity (Wildman–Crippen MR) is 96.1 cm³/mol.